The molecule has 0 aromatic heterocycles. The average Bonchev–Trinajstić information content (AvgIpc) is 2.58. The van der Waals surface area contributed by atoms with Gasteiger partial charge in [0.05, 0.1) is 21.3 Å². The minimum Gasteiger partial charge on any atom is -0.504 e. The van der Waals surface area contributed by atoms with Crippen LogP contribution in [0.25, 0.3) is 6.08 Å². The molecule has 0 aliphatic heterocycles. The van der Waals surface area contributed by atoms with Crippen LogP contribution in [0.2, 0.25) is 0 Å². The molecule has 0 aliphatic carbocycles. The molecule has 0 fully saturated rings. The normalized spacial score (nSPS) is 10.6. The summed E-state index contributed by atoms with van der Waals surface area (Å²) in [4.78, 5) is 12.2. The first kappa shape index (κ1) is 16.4. The number of aromatic hydroxyl groups is 1. The molecule has 1 N–H and O–H groups in total. The molecule has 5 heteroatoms. The minimum absolute atomic E-state index is 0.0780. The molecule has 0 amide bonds. The van der Waals surface area contributed by atoms with Crippen molar-refractivity contribution in [3.8, 4) is 23.0 Å². The third kappa shape index (κ3) is 3.63. The summed E-state index contributed by atoms with van der Waals surface area (Å²) < 4.78 is 15.5. The zero-order valence-electron chi connectivity index (χ0n) is 13.2. The molecule has 0 aliphatic rings. The number of benzene rings is 2. The Morgan fingerprint density at radius 3 is 2.35 bits per heavy atom. The highest BCUT2D eigenvalue weighted by atomic mass is 16.5. The van der Waals surface area contributed by atoms with Crippen LogP contribution in [0.3, 0.4) is 0 Å². The molecule has 23 heavy (non-hydrogen) atoms. The van der Waals surface area contributed by atoms with Crippen molar-refractivity contribution in [3.05, 3.63) is 53.6 Å². The molecule has 0 bridgehead atoms. The van der Waals surface area contributed by atoms with Gasteiger partial charge >= 0.3 is 0 Å². The van der Waals surface area contributed by atoms with Crippen LogP contribution in [0, 0.1) is 0 Å². The Labute approximate surface area is 134 Å². The average molecular weight is 314 g/mol. The Hall–Kier alpha value is -2.95. The summed E-state index contributed by atoms with van der Waals surface area (Å²) in [6, 6.07) is 9.91. The van der Waals surface area contributed by atoms with Crippen molar-refractivity contribution in [2.24, 2.45) is 0 Å². The Morgan fingerprint density at radius 1 is 1.00 bits per heavy atom. The summed E-state index contributed by atoms with van der Waals surface area (Å²) in [5, 5.41) is 9.74. The van der Waals surface area contributed by atoms with Gasteiger partial charge in [-0.2, -0.15) is 0 Å². The lowest BCUT2D eigenvalue weighted by Crippen LogP contribution is -1.96. The highest BCUT2D eigenvalue weighted by molar-refractivity contribution is 6.07. The first-order valence-electron chi connectivity index (χ1n) is 6.91. The SMILES string of the molecule is COc1ccc(C(=O)/C=C/c2cccc(OC)c2OC)cc1O. The van der Waals surface area contributed by atoms with Gasteiger partial charge < -0.3 is 19.3 Å². The Kier molecular flexibility index (Phi) is 5.25. The predicted octanol–water partition coefficient (Wildman–Crippen LogP) is 3.31. The number of hydrogen-bond donors (Lipinski definition) is 1. The van der Waals surface area contributed by atoms with Crippen molar-refractivity contribution in [2.45, 2.75) is 0 Å². The second kappa shape index (κ2) is 7.35. The van der Waals surface area contributed by atoms with Crippen LogP contribution in [0.15, 0.2) is 42.5 Å². The number of hydrogen-bond acceptors (Lipinski definition) is 5. The lowest BCUT2D eigenvalue weighted by atomic mass is 10.1. The van der Waals surface area contributed by atoms with Gasteiger partial charge in [-0.05, 0) is 36.4 Å². The second-order valence-electron chi connectivity index (χ2n) is 4.67. The van der Waals surface area contributed by atoms with E-state index < -0.39 is 0 Å². The van der Waals surface area contributed by atoms with Gasteiger partial charge in [-0.25, -0.2) is 0 Å². The number of carbonyl (C=O) groups is 1. The van der Waals surface area contributed by atoms with E-state index in [0.717, 1.165) is 5.56 Å². The molecule has 0 spiro atoms. The molecule has 2 aromatic rings. The number of para-hydroxylation sites is 1. The fraction of sp³-hybridized carbons (Fsp3) is 0.167. The molecule has 0 heterocycles. The van der Waals surface area contributed by atoms with Crippen LogP contribution in [0.5, 0.6) is 23.0 Å². The van der Waals surface area contributed by atoms with E-state index in [2.05, 4.69) is 0 Å². The van der Waals surface area contributed by atoms with Crippen LogP contribution in [-0.2, 0) is 0 Å². The lowest BCUT2D eigenvalue weighted by molar-refractivity contribution is 0.104. The Morgan fingerprint density at radius 2 is 1.74 bits per heavy atom. The van der Waals surface area contributed by atoms with Gasteiger partial charge in [0.1, 0.15) is 0 Å². The fourth-order valence-corrected chi connectivity index (χ4v) is 2.15. The first-order valence-corrected chi connectivity index (χ1v) is 6.91. The number of phenolic OH excluding ortho intramolecular Hbond substituents is 1. The van der Waals surface area contributed by atoms with E-state index in [1.165, 1.54) is 19.3 Å². The van der Waals surface area contributed by atoms with E-state index >= 15 is 0 Å². The molecule has 0 atom stereocenters. The molecule has 0 radical (unpaired) electrons. The quantitative estimate of drug-likeness (QED) is 0.654. The summed E-state index contributed by atoms with van der Waals surface area (Å²) >= 11 is 0. The minimum atomic E-state index is -0.243. The number of allylic oxidation sites excluding steroid dienone is 1. The lowest BCUT2D eigenvalue weighted by Gasteiger charge is -2.09. The van der Waals surface area contributed by atoms with Crippen LogP contribution in [0.4, 0.5) is 0 Å². The van der Waals surface area contributed by atoms with Crippen molar-refractivity contribution in [1.29, 1.82) is 0 Å². The van der Waals surface area contributed by atoms with E-state index in [9.17, 15) is 9.90 Å². The largest absolute Gasteiger partial charge is 0.504 e. The van der Waals surface area contributed by atoms with Crippen molar-refractivity contribution in [2.75, 3.05) is 21.3 Å². The van der Waals surface area contributed by atoms with Gasteiger partial charge in [0.25, 0.3) is 0 Å². The third-order valence-corrected chi connectivity index (χ3v) is 3.31. The third-order valence-electron chi connectivity index (χ3n) is 3.31. The summed E-state index contributed by atoms with van der Waals surface area (Å²) in [6.07, 6.45) is 3.06. The number of phenols is 1. The van der Waals surface area contributed by atoms with Crippen LogP contribution < -0.4 is 14.2 Å². The maximum absolute atomic E-state index is 12.2. The maximum Gasteiger partial charge on any atom is 0.185 e. The molecule has 0 saturated carbocycles. The number of carbonyl (C=O) groups excluding carboxylic acids is 1. The van der Waals surface area contributed by atoms with Crippen molar-refractivity contribution >= 4 is 11.9 Å². The first-order chi connectivity index (χ1) is 11.1. The predicted molar refractivity (Wildman–Crippen MR) is 87.6 cm³/mol. The molecule has 5 nitrogen and oxygen atoms in total. The Bertz CT molecular complexity index is 734. The highest BCUT2D eigenvalue weighted by Gasteiger charge is 2.09. The Balaban J connectivity index is 2.26. The van der Waals surface area contributed by atoms with Crippen LogP contribution in [0.1, 0.15) is 15.9 Å². The topological polar surface area (TPSA) is 65.0 Å². The van der Waals surface area contributed by atoms with E-state index in [1.807, 2.05) is 12.1 Å². The molecule has 2 rings (SSSR count). The number of ketones is 1. The van der Waals surface area contributed by atoms with E-state index in [4.69, 9.17) is 14.2 Å². The van der Waals surface area contributed by atoms with Crippen LogP contribution in [-0.4, -0.2) is 32.2 Å². The molecular weight excluding hydrogens is 296 g/mol. The number of ether oxygens (including phenoxy) is 3. The zero-order valence-corrected chi connectivity index (χ0v) is 13.2. The van der Waals surface area contributed by atoms with E-state index in [-0.39, 0.29) is 11.5 Å². The number of rotatable bonds is 6. The number of methoxy groups -OCH3 is 3. The van der Waals surface area contributed by atoms with Gasteiger partial charge in [0, 0.05) is 11.1 Å². The van der Waals surface area contributed by atoms with Crippen molar-refractivity contribution < 1.29 is 24.1 Å². The maximum atomic E-state index is 12.2. The smallest absolute Gasteiger partial charge is 0.185 e. The second-order valence-corrected chi connectivity index (χ2v) is 4.67. The van der Waals surface area contributed by atoms with Gasteiger partial charge in [0.2, 0.25) is 0 Å². The molecule has 0 unspecified atom stereocenters. The monoisotopic (exact) mass is 314 g/mol. The van der Waals surface area contributed by atoms with Crippen molar-refractivity contribution in [3.63, 3.8) is 0 Å². The summed E-state index contributed by atoms with van der Waals surface area (Å²) in [5.41, 5.74) is 1.08. The fourth-order valence-electron chi connectivity index (χ4n) is 2.15. The van der Waals surface area contributed by atoms with Gasteiger partial charge in [0.15, 0.2) is 28.8 Å². The van der Waals surface area contributed by atoms with Gasteiger partial charge in [-0.3, -0.25) is 4.79 Å². The van der Waals surface area contributed by atoms with Crippen LogP contribution >= 0.6 is 0 Å². The summed E-state index contributed by atoms with van der Waals surface area (Å²) in [5.74, 6) is 1.14. The standard InChI is InChI=1S/C18H18O5/c1-21-16-10-8-13(11-15(16)20)14(19)9-7-12-5-4-6-17(22-2)18(12)23-3/h4-11,20H,1-3H3/b9-7+. The molecular formula is C18H18O5. The highest BCUT2D eigenvalue weighted by Crippen LogP contribution is 2.32. The van der Waals surface area contributed by atoms with Gasteiger partial charge in [-0.15, -0.1) is 0 Å². The summed E-state index contributed by atoms with van der Waals surface area (Å²) in [6.45, 7) is 0. The van der Waals surface area contributed by atoms with Gasteiger partial charge in [-0.1, -0.05) is 12.1 Å². The molecule has 0 saturated heterocycles. The van der Waals surface area contributed by atoms with Crippen molar-refractivity contribution in [1.82, 2.24) is 0 Å². The van der Waals surface area contributed by atoms with E-state index in [0.29, 0.717) is 22.8 Å². The molecule has 120 valence electrons. The zero-order chi connectivity index (χ0) is 16.8. The molecule has 2 aromatic carbocycles. The van der Waals surface area contributed by atoms with E-state index in [1.54, 1.807) is 38.5 Å². The summed E-state index contributed by atoms with van der Waals surface area (Å²) in [7, 11) is 4.54.